The molecule has 0 aliphatic carbocycles. The molecule has 2 aromatic heterocycles. The predicted octanol–water partition coefficient (Wildman–Crippen LogP) is 0.173. The minimum atomic E-state index is 1.24. The first-order chi connectivity index (χ1) is 6.45. The van der Waals surface area contributed by atoms with Crippen molar-refractivity contribution in [1.82, 2.24) is 0 Å². The smallest absolute Gasteiger partial charge is 0.392 e. The molecular weight excluding hydrogens is 159 g/mol. The van der Waals surface area contributed by atoms with E-state index < -0.39 is 0 Å². The van der Waals surface area contributed by atoms with Crippen molar-refractivity contribution >= 4 is 7.55 Å². The Bertz CT molecular complexity index is 424. The fourth-order valence-electron chi connectivity index (χ4n) is 1.68. The van der Waals surface area contributed by atoms with Gasteiger partial charge in [-0.05, 0) is 24.3 Å². The summed E-state index contributed by atoms with van der Waals surface area (Å²) in [7, 11) is 2.07. The maximum atomic E-state index is 2.12. The van der Waals surface area contributed by atoms with Crippen molar-refractivity contribution < 1.29 is 8.96 Å². The van der Waals surface area contributed by atoms with Crippen LogP contribution in [0.3, 0.4) is 0 Å². The molecule has 60 valence electrons. The van der Waals surface area contributed by atoms with E-state index in [1.165, 1.54) is 11.4 Å². The van der Waals surface area contributed by atoms with Crippen molar-refractivity contribution in [1.29, 1.82) is 0 Å². The van der Waals surface area contributed by atoms with Gasteiger partial charge >= 0.3 is 7.55 Å². The normalized spacial score (nSPS) is 12.3. The number of fused-ring (bicyclic) bond motifs is 3. The van der Waals surface area contributed by atoms with Gasteiger partial charge in [-0.25, -0.2) is 0 Å². The molecule has 0 saturated heterocycles. The molecule has 0 fully saturated rings. The second kappa shape index (κ2) is 2.42. The fraction of sp³-hybridized carbons (Fsp3) is 0. The maximum absolute atomic E-state index is 2.12. The van der Waals surface area contributed by atoms with Crippen LogP contribution in [0.15, 0.2) is 48.8 Å². The van der Waals surface area contributed by atoms with Crippen LogP contribution in [-0.2, 0) is 0 Å². The lowest BCUT2D eigenvalue weighted by Gasteiger charge is -1.92. The zero-order valence-electron chi connectivity index (χ0n) is 7.09. The molecule has 0 bridgehead atoms. The van der Waals surface area contributed by atoms with Gasteiger partial charge in [0.1, 0.15) is 12.4 Å². The first kappa shape index (κ1) is 6.84. The highest BCUT2D eigenvalue weighted by Crippen LogP contribution is 2.11. The lowest BCUT2D eigenvalue weighted by atomic mass is 10.2. The molecule has 0 spiro atoms. The summed E-state index contributed by atoms with van der Waals surface area (Å²) in [5, 5.41) is 0. The van der Waals surface area contributed by atoms with Gasteiger partial charge in [-0.3, -0.25) is 0 Å². The molecule has 2 nitrogen and oxygen atoms in total. The van der Waals surface area contributed by atoms with Crippen molar-refractivity contribution in [2.45, 2.75) is 0 Å². The highest BCUT2D eigenvalue weighted by Gasteiger charge is 2.24. The highest BCUT2D eigenvalue weighted by molar-refractivity contribution is 6.14. The van der Waals surface area contributed by atoms with Crippen LogP contribution < -0.4 is 8.96 Å². The molecule has 3 heterocycles. The minimum Gasteiger partial charge on any atom is -0.392 e. The van der Waals surface area contributed by atoms with Crippen LogP contribution in [0.25, 0.3) is 11.4 Å². The van der Waals surface area contributed by atoms with E-state index >= 15 is 0 Å². The molecule has 0 unspecified atom stereocenters. The van der Waals surface area contributed by atoms with Crippen molar-refractivity contribution in [3.63, 3.8) is 0 Å². The van der Waals surface area contributed by atoms with E-state index in [2.05, 4.69) is 53.2 Å². The van der Waals surface area contributed by atoms with Crippen molar-refractivity contribution in [3.8, 4) is 11.4 Å². The van der Waals surface area contributed by atoms with Crippen LogP contribution in [0.5, 0.6) is 0 Å². The molecule has 0 amide bonds. The summed E-state index contributed by atoms with van der Waals surface area (Å²) >= 11 is 0. The zero-order valence-corrected chi connectivity index (χ0v) is 7.09. The third-order valence-electron chi connectivity index (χ3n) is 2.29. The molecular formula is C10H8BN2+. The average Bonchev–Trinajstić information content (AvgIpc) is 2.56. The van der Waals surface area contributed by atoms with Crippen molar-refractivity contribution in [2.24, 2.45) is 0 Å². The van der Waals surface area contributed by atoms with Gasteiger partial charge in [0.25, 0.3) is 0 Å². The Morgan fingerprint density at radius 2 is 1.31 bits per heavy atom. The molecule has 0 N–H and O–H groups in total. The Labute approximate surface area is 77.4 Å². The summed E-state index contributed by atoms with van der Waals surface area (Å²) in [4.78, 5) is 0. The van der Waals surface area contributed by atoms with E-state index in [0.717, 1.165) is 0 Å². The molecule has 1 aliphatic heterocycles. The molecule has 13 heavy (non-hydrogen) atoms. The fourth-order valence-corrected chi connectivity index (χ4v) is 1.68. The first-order valence-corrected chi connectivity index (χ1v) is 4.31. The van der Waals surface area contributed by atoms with Gasteiger partial charge in [0.15, 0.2) is 0 Å². The van der Waals surface area contributed by atoms with E-state index in [-0.39, 0.29) is 0 Å². The number of pyridine rings is 2. The maximum Gasteiger partial charge on any atom is 0.523 e. The molecule has 3 rings (SSSR count). The Morgan fingerprint density at radius 3 is 1.85 bits per heavy atom. The third kappa shape index (κ3) is 0.901. The van der Waals surface area contributed by atoms with Gasteiger partial charge < -0.3 is 8.96 Å². The van der Waals surface area contributed by atoms with Crippen LogP contribution in [-0.4, -0.2) is 7.55 Å². The van der Waals surface area contributed by atoms with Crippen LogP contribution in [0.4, 0.5) is 0 Å². The van der Waals surface area contributed by atoms with E-state index in [9.17, 15) is 0 Å². The summed E-state index contributed by atoms with van der Waals surface area (Å²) in [6.07, 6.45) is 4.12. The van der Waals surface area contributed by atoms with Crippen LogP contribution in [0.2, 0.25) is 0 Å². The molecule has 0 saturated carbocycles. The van der Waals surface area contributed by atoms with Crippen LogP contribution in [0, 0.1) is 0 Å². The third-order valence-corrected chi connectivity index (χ3v) is 2.29. The van der Waals surface area contributed by atoms with Gasteiger partial charge in [-0.2, -0.15) is 0 Å². The lowest BCUT2D eigenvalue weighted by Crippen LogP contribution is -2.52. The summed E-state index contributed by atoms with van der Waals surface area (Å²) in [5.74, 6) is 0. The molecule has 0 atom stereocenters. The molecule has 3 heteroatoms. The largest absolute Gasteiger partial charge is 0.523 e. The number of hydrogen-bond acceptors (Lipinski definition) is 0. The second-order valence-corrected chi connectivity index (χ2v) is 3.10. The Balaban J connectivity index is 2.32. The van der Waals surface area contributed by atoms with Crippen molar-refractivity contribution in [2.75, 3.05) is 0 Å². The highest BCUT2D eigenvalue weighted by atomic mass is 15.1. The zero-order chi connectivity index (χ0) is 8.67. The van der Waals surface area contributed by atoms with Gasteiger partial charge in [0.2, 0.25) is 11.4 Å². The number of nitrogens with zero attached hydrogens (tertiary/aromatic N) is 2. The number of aromatic nitrogens is 2. The molecule has 2 radical (unpaired) electrons. The van der Waals surface area contributed by atoms with Gasteiger partial charge in [-0.15, -0.1) is 0 Å². The lowest BCUT2D eigenvalue weighted by molar-refractivity contribution is -0.614. The molecule has 1 aliphatic rings. The Morgan fingerprint density at radius 1 is 0.769 bits per heavy atom. The van der Waals surface area contributed by atoms with E-state index in [1.807, 2.05) is 12.1 Å². The Hall–Kier alpha value is -1.64. The first-order valence-electron chi connectivity index (χ1n) is 4.31. The quantitative estimate of drug-likeness (QED) is 0.421. The summed E-state index contributed by atoms with van der Waals surface area (Å²) in [6, 6.07) is 12.4. The molecule has 2 aromatic rings. The van der Waals surface area contributed by atoms with Crippen LogP contribution in [0.1, 0.15) is 0 Å². The van der Waals surface area contributed by atoms with Gasteiger partial charge in [0, 0.05) is 12.1 Å². The van der Waals surface area contributed by atoms with Gasteiger partial charge in [-0.1, -0.05) is 0 Å². The average molecular weight is 167 g/mol. The van der Waals surface area contributed by atoms with Crippen molar-refractivity contribution in [3.05, 3.63) is 48.8 Å². The predicted molar refractivity (Wildman–Crippen MR) is 48.8 cm³/mol. The standard InChI is InChI=1S/C10H8BN2/c1-3-7-12-9(5-1)10-6-2-4-8-13(10)11-12/h1-8H/q+1. The van der Waals surface area contributed by atoms with Crippen LogP contribution >= 0.6 is 0 Å². The second-order valence-electron chi connectivity index (χ2n) is 3.10. The molecule has 0 aromatic carbocycles. The Kier molecular flexibility index (Phi) is 1.27. The topological polar surface area (TPSA) is 7.76 Å². The number of rotatable bonds is 0. The van der Waals surface area contributed by atoms with E-state index in [4.69, 9.17) is 0 Å². The SMILES string of the molecule is [B-]1[n+]2ccccc2-c2cccc[n+]21. The van der Waals surface area contributed by atoms with E-state index in [1.54, 1.807) is 0 Å². The summed E-state index contributed by atoms with van der Waals surface area (Å²) < 4.78 is 4.24. The minimum absolute atomic E-state index is 1.24. The number of hydrogen-bond donors (Lipinski definition) is 0. The van der Waals surface area contributed by atoms with Gasteiger partial charge in [0.05, 0.1) is 0 Å². The summed E-state index contributed by atoms with van der Waals surface area (Å²) in [5.41, 5.74) is 2.48. The monoisotopic (exact) mass is 167 g/mol. The van der Waals surface area contributed by atoms with E-state index in [0.29, 0.717) is 0 Å². The summed E-state index contributed by atoms with van der Waals surface area (Å²) in [6.45, 7) is 0.